The first-order valence-corrected chi connectivity index (χ1v) is 9.36. The summed E-state index contributed by atoms with van der Waals surface area (Å²) in [6.45, 7) is 12.2. The summed E-state index contributed by atoms with van der Waals surface area (Å²) in [6.07, 6.45) is 0.623. The van der Waals surface area contributed by atoms with E-state index in [-0.39, 0.29) is 6.04 Å². The molecule has 1 aromatic carbocycles. The standard InChI is InChI=1S/C20H32N4O2/c1-14(2)15-7-9-16(10-8-15)17(24-19(25)26-20(3,4)5)13-23-18-21-11-6-12-22-18/h7-10,14,17H,6,11-13H2,1-5H3,(H,24,25)(H2,21,22,23). The molecule has 0 aliphatic carbocycles. The maximum atomic E-state index is 12.3. The van der Waals surface area contributed by atoms with Crippen molar-refractivity contribution in [2.75, 3.05) is 19.6 Å². The maximum absolute atomic E-state index is 12.3. The van der Waals surface area contributed by atoms with Gasteiger partial charge >= 0.3 is 6.09 Å². The number of aliphatic imine (C=N–C) groups is 1. The van der Waals surface area contributed by atoms with E-state index in [9.17, 15) is 4.79 Å². The summed E-state index contributed by atoms with van der Waals surface area (Å²) >= 11 is 0. The Morgan fingerprint density at radius 1 is 1.23 bits per heavy atom. The lowest BCUT2D eigenvalue weighted by molar-refractivity contribution is 0.0504. The van der Waals surface area contributed by atoms with Crippen LogP contribution in [0.2, 0.25) is 0 Å². The van der Waals surface area contributed by atoms with Gasteiger partial charge in [-0.1, -0.05) is 38.1 Å². The smallest absolute Gasteiger partial charge is 0.408 e. The molecule has 1 aliphatic rings. The lowest BCUT2D eigenvalue weighted by atomic mass is 9.99. The molecule has 6 nitrogen and oxygen atoms in total. The molecule has 0 bridgehead atoms. The third-order valence-corrected chi connectivity index (χ3v) is 4.07. The van der Waals surface area contributed by atoms with Crippen molar-refractivity contribution in [3.63, 3.8) is 0 Å². The van der Waals surface area contributed by atoms with Crippen LogP contribution in [0.1, 0.15) is 64.1 Å². The van der Waals surface area contributed by atoms with Gasteiger partial charge in [0.2, 0.25) is 0 Å². The SMILES string of the molecule is CC(C)c1ccc(C(CNC2=NCCCN2)NC(=O)OC(C)(C)C)cc1. The lowest BCUT2D eigenvalue weighted by Gasteiger charge is -2.25. The molecule has 144 valence electrons. The van der Waals surface area contributed by atoms with E-state index in [2.05, 4.69) is 59.1 Å². The Morgan fingerprint density at radius 2 is 1.88 bits per heavy atom. The predicted molar refractivity (Wildman–Crippen MR) is 106 cm³/mol. The fourth-order valence-corrected chi connectivity index (χ4v) is 2.66. The highest BCUT2D eigenvalue weighted by molar-refractivity contribution is 5.80. The Morgan fingerprint density at radius 3 is 2.42 bits per heavy atom. The molecule has 0 spiro atoms. The zero-order chi connectivity index (χ0) is 19.2. The molecule has 0 fully saturated rings. The highest BCUT2D eigenvalue weighted by Crippen LogP contribution is 2.19. The second-order valence-electron chi connectivity index (χ2n) is 7.91. The van der Waals surface area contributed by atoms with E-state index in [1.807, 2.05) is 20.8 Å². The summed E-state index contributed by atoms with van der Waals surface area (Å²) in [7, 11) is 0. The molecule has 0 saturated carbocycles. The molecule has 26 heavy (non-hydrogen) atoms. The van der Waals surface area contributed by atoms with E-state index in [1.165, 1.54) is 5.56 Å². The molecule has 6 heteroatoms. The summed E-state index contributed by atoms with van der Waals surface area (Å²) in [5.74, 6) is 1.26. The van der Waals surface area contributed by atoms with E-state index in [0.717, 1.165) is 31.0 Å². The number of hydrogen-bond donors (Lipinski definition) is 3. The molecule has 0 radical (unpaired) electrons. The van der Waals surface area contributed by atoms with Crippen LogP contribution in [0.4, 0.5) is 4.79 Å². The fraction of sp³-hybridized carbons (Fsp3) is 0.600. The van der Waals surface area contributed by atoms with Crippen LogP contribution in [-0.2, 0) is 4.74 Å². The summed E-state index contributed by atoms with van der Waals surface area (Å²) < 4.78 is 5.42. The van der Waals surface area contributed by atoms with Crippen LogP contribution in [0.25, 0.3) is 0 Å². The van der Waals surface area contributed by atoms with E-state index in [1.54, 1.807) is 0 Å². The number of alkyl carbamates (subject to hydrolysis) is 1. The minimum Gasteiger partial charge on any atom is -0.444 e. The van der Waals surface area contributed by atoms with Crippen LogP contribution in [-0.4, -0.2) is 37.3 Å². The Labute approximate surface area is 156 Å². The van der Waals surface area contributed by atoms with E-state index >= 15 is 0 Å². The molecule has 1 aromatic rings. The van der Waals surface area contributed by atoms with Crippen molar-refractivity contribution in [1.82, 2.24) is 16.0 Å². The van der Waals surface area contributed by atoms with Gasteiger partial charge in [-0.2, -0.15) is 0 Å². The number of nitrogens with zero attached hydrogens (tertiary/aromatic N) is 1. The van der Waals surface area contributed by atoms with Crippen LogP contribution < -0.4 is 16.0 Å². The van der Waals surface area contributed by atoms with Crippen molar-refractivity contribution in [3.8, 4) is 0 Å². The van der Waals surface area contributed by atoms with Gasteiger partial charge in [-0.25, -0.2) is 4.79 Å². The van der Waals surface area contributed by atoms with Gasteiger partial charge in [0.1, 0.15) is 5.60 Å². The van der Waals surface area contributed by atoms with Gasteiger partial charge in [0, 0.05) is 19.6 Å². The predicted octanol–water partition coefficient (Wildman–Crippen LogP) is 3.31. The molecule has 1 heterocycles. The van der Waals surface area contributed by atoms with Crippen LogP contribution in [0.5, 0.6) is 0 Å². The van der Waals surface area contributed by atoms with Gasteiger partial charge in [0.15, 0.2) is 5.96 Å². The third kappa shape index (κ3) is 6.58. The van der Waals surface area contributed by atoms with Gasteiger partial charge < -0.3 is 20.7 Å². The number of rotatable bonds is 5. The zero-order valence-electron chi connectivity index (χ0n) is 16.6. The van der Waals surface area contributed by atoms with Crippen molar-refractivity contribution in [3.05, 3.63) is 35.4 Å². The van der Waals surface area contributed by atoms with Crippen molar-refractivity contribution in [2.24, 2.45) is 4.99 Å². The quantitative estimate of drug-likeness (QED) is 0.753. The molecule has 1 unspecified atom stereocenters. The zero-order valence-corrected chi connectivity index (χ0v) is 16.6. The topological polar surface area (TPSA) is 74.8 Å². The molecule has 1 amide bonds. The Balaban J connectivity index is 2.09. The number of nitrogens with one attached hydrogen (secondary N) is 3. The number of hydrogen-bond acceptors (Lipinski definition) is 5. The Hall–Kier alpha value is -2.24. The van der Waals surface area contributed by atoms with E-state index < -0.39 is 11.7 Å². The molecular formula is C20H32N4O2. The molecule has 3 N–H and O–H groups in total. The summed E-state index contributed by atoms with van der Waals surface area (Å²) in [4.78, 5) is 16.7. The fourth-order valence-electron chi connectivity index (χ4n) is 2.66. The van der Waals surface area contributed by atoms with Crippen molar-refractivity contribution < 1.29 is 9.53 Å². The molecule has 1 atom stereocenters. The second-order valence-corrected chi connectivity index (χ2v) is 7.91. The Kier molecular flexibility index (Phi) is 6.89. The van der Waals surface area contributed by atoms with Gasteiger partial charge in [0.25, 0.3) is 0 Å². The van der Waals surface area contributed by atoms with Gasteiger partial charge in [-0.15, -0.1) is 0 Å². The molecule has 1 aliphatic heterocycles. The highest BCUT2D eigenvalue weighted by atomic mass is 16.6. The van der Waals surface area contributed by atoms with E-state index in [4.69, 9.17) is 4.74 Å². The maximum Gasteiger partial charge on any atom is 0.408 e. The molecule has 0 aromatic heterocycles. The lowest BCUT2D eigenvalue weighted by Crippen LogP contribution is -2.45. The number of ether oxygens (including phenoxy) is 1. The first-order chi connectivity index (χ1) is 12.2. The highest BCUT2D eigenvalue weighted by Gasteiger charge is 2.21. The second kappa shape index (κ2) is 8.92. The number of carbonyl (C=O) groups is 1. The first-order valence-electron chi connectivity index (χ1n) is 9.36. The Bertz CT molecular complexity index is 618. The number of amides is 1. The van der Waals surface area contributed by atoms with Crippen LogP contribution in [0, 0.1) is 0 Å². The van der Waals surface area contributed by atoms with Gasteiger partial charge in [0.05, 0.1) is 6.04 Å². The van der Waals surface area contributed by atoms with Crippen LogP contribution >= 0.6 is 0 Å². The normalized spacial score (nSPS) is 15.7. The van der Waals surface area contributed by atoms with Crippen molar-refractivity contribution in [2.45, 2.75) is 58.6 Å². The molecular weight excluding hydrogens is 328 g/mol. The van der Waals surface area contributed by atoms with Crippen LogP contribution in [0.15, 0.2) is 29.3 Å². The summed E-state index contributed by atoms with van der Waals surface area (Å²) in [5, 5.41) is 9.50. The number of carbonyl (C=O) groups excluding carboxylic acids is 1. The van der Waals surface area contributed by atoms with Gasteiger partial charge in [-0.05, 0) is 44.2 Å². The monoisotopic (exact) mass is 360 g/mol. The summed E-state index contributed by atoms with van der Waals surface area (Å²) in [5.41, 5.74) is 1.78. The van der Waals surface area contributed by atoms with Crippen LogP contribution in [0.3, 0.4) is 0 Å². The average Bonchev–Trinajstić information content (AvgIpc) is 2.58. The number of benzene rings is 1. The molecule has 0 saturated heterocycles. The largest absolute Gasteiger partial charge is 0.444 e. The first kappa shape index (κ1) is 20.1. The summed E-state index contributed by atoms with van der Waals surface area (Å²) in [6, 6.07) is 8.14. The minimum atomic E-state index is -0.529. The van der Waals surface area contributed by atoms with Crippen molar-refractivity contribution in [1.29, 1.82) is 0 Å². The minimum absolute atomic E-state index is 0.211. The van der Waals surface area contributed by atoms with Crippen molar-refractivity contribution >= 4 is 12.1 Å². The number of guanidine groups is 1. The average molecular weight is 361 g/mol. The van der Waals surface area contributed by atoms with Gasteiger partial charge in [-0.3, -0.25) is 4.99 Å². The van der Waals surface area contributed by atoms with E-state index in [0.29, 0.717) is 12.5 Å². The third-order valence-electron chi connectivity index (χ3n) is 4.07. The molecule has 2 rings (SSSR count).